The van der Waals surface area contributed by atoms with Crippen LogP contribution in [0.4, 0.5) is 5.69 Å². The average Bonchev–Trinajstić information content (AvgIpc) is 2.53. The molecule has 21 heavy (non-hydrogen) atoms. The van der Waals surface area contributed by atoms with E-state index in [0.29, 0.717) is 0 Å². The Kier molecular flexibility index (Phi) is 3.44. The lowest BCUT2D eigenvalue weighted by Crippen LogP contribution is -2.26. The first-order valence-corrected chi connectivity index (χ1v) is 6.99. The molecule has 0 saturated carbocycles. The highest BCUT2D eigenvalue weighted by Crippen LogP contribution is 2.23. The van der Waals surface area contributed by atoms with Crippen molar-refractivity contribution in [3.8, 4) is 0 Å². The van der Waals surface area contributed by atoms with Gasteiger partial charge in [-0.25, -0.2) is 0 Å². The molecule has 0 aromatic heterocycles. The van der Waals surface area contributed by atoms with Crippen molar-refractivity contribution in [2.45, 2.75) is 6.92 Å². The van der Waals surface area contributed by atoms with E-state index in [1.54, 1.807) is 4.90 Å². The summed E-state index contributed by atoms with van der Waals surface area (Å²) in [4.78, 5) is 14.3. The van der Waals surface area contributed by atoms with Gasteiger partial charge in [0.25, 0.3) is 5.91 Å². The Morgan fingerprint density at radius 3 is 2.29 bits per heavy atom. The Bertz CT molecular complexity index is 807. The van der Waals surface area contributed by atoms with Gasteiger partial charge < -0.3 is 4.90 Å². The van der Waals surface area contributed by atoms with Crippen molar-refractivity contribution in [1.29, 1.82) is 0 Å². The van der Waals surface area contributed by atoms with E-state index in [-0.39, 0.29) is 5.91 Å². The Hall–Kier alpha value is -2.61. The molecule has 0 radical (unpaired) electrons. The van der Waals surface area contributed by atoms with E-state index >= 15 is 0 Å². The highest BCUT2D eigenvalue weighted by atomic mass is 16.2. The minimum absolute atomic E-state index is 0.0170. The summed E-state index contributed by atoms with van der Waals surface area (Å²) in [5, 5.41) is 2.32. The summed E-state index contributed by atoms with van der Waals surface area (Å²) in [7, 11) is 1.82. The third-order valence-corrected chi connectivity index (χ3v) is 3.80. The number of hydrogen-bond acceptors (Lipinski definition) is 1. The predicted molar refractivity (Wildman–Crippen MR) is 87.9 cm³/mol. The first kappa shape index (κ1) is 13.4. The monoisotopic (exact) mass is 275 g/mol. The molecule has 0 N–H and O–H groups in total. The normalized spacial score (nSPS) is 10.6. The van der Waals surface area contributed by atoms with Gasteiger partial charge in [-0.3, -0.25) is 4.79 Å². The zero-order valence-corrected chi connectivity index (χ0v) is 12.2. The lowest BCUT2D eigenvalue weighted by atomic mass is 10.1. The average molecular weight is 275 g/mol. The van der Waals surface area contributed by atoms with Crippen molar-refractivity contribution in [2.75, 3.05) is 11.9 Å². The molecule has 0 aliphatic rings. The number of carbonyl (C=O) groups is 1. The van der Waals surface area contributed by atoms with Gasteiger partial charge in [-0.1, -0.05) is 48.5 Å². The second-order valence-electron chi connectivity index (χ2n) is 5.21. The zero-order chi connectivity index (χ0) is 14.8. The molecular formula is C19H17NO. The van der Waals surface area contributed by atoms with Gasteiger partial charge in [0.05, 0.1) is 0 Å². The number of nitrogens with zero attached hydrogens (tertiary/aromatic N) is 1. The van der Waals surface area contributed by atoms with Crippen LogP contribution in [-0.4, -0.2) is 13.0 Å². The first-order chi connectivity index (χ1) is 10.2. The fraction of sp³-hybridized carbons (Fsp3) is 0.105. The van der Waals surface area contributed by atoms with E-state index in [2.05, 4.69) is 12.1 Å². The molecule has 3 rings (SSSR count). The van der Waals surface area contributed by atoms with Crippen molar-refractivity contribution in [3.63, 3.8) is 0 Å². The maximum atomic E-state index is 12.6. The number of aryl methyl sites for hydroxylation is 1. The topological polar surface area (TPSA) is 20.3 Å². The molecular weight excluding hydrogens is 258 g/mol. The van der Waals surface area contributed by atoms with Gasteiger partial charge in [-0.15, -0.1) is 0 Å². The maximum Gasteiger partial charge on any atom is 0.258 e. The van der Waals surface area contributed by atoms with Crippen LogP contribution in [0.25, 0.3) is 10.8 Å². The lowest BCUT2D eigenvalue weighted by Gasteiger charge is -2.19. The number of rotatable bonds is 2. The molecule has 0 aliphatic carbocycles. The highest BCUT2D eigenvalue weighted by Gasteiger charge is 2.15. The number of benzene rings is 3. The minimum Gasteiger partial charge on any atom is -0.311 e. The molecule has 0 saturated heterocycles. The number of carbonyl (C=O) groups excluding carboxylic acids is 1. The largest absolute Gasteiger partial charge is 0.311 e. The molecule has 0 unspecified atom stereocenters. The van der Waals surface area contributed by atoms with E-state index < -0.39 is 0 Å². The second kappa shape index (κ2) is 5.41. The quantitative estimate of drug-likeness (QED) is 0.677. The molecule has 0 spiro atoms. The van der Waals surface area contributed by atoms with Crippen LogP contribution >= 0.6 is 0 Å². The van der Waals surface area contributed by atoms with Crippen LogP contribution in [0.1, 0.15) is 15.9 Å². The van der Waals surface area contributed by atoms with Crippen molar-refractivity contribution in [3.05, 3.63) is 77.9 Å². The summed E-state index contributed by atoms with van der Waals surface area (Å²) in [5.41, 5.74) is 2.64. The van der Waals surface area contributed by atoms with Gasteiger partial charge in [0.2, 0.25) is 0 Å². The van der Waals surface area contributed by atoms with Gasteiger partial charge in [0.1, 0.15) is 0 Å². The lowest BCUT2D eigenvalue weighted by molar-refractivity contribution is 0.0992. The third-order valence-electron chi connectivity index (χ3n) is 3.80. The Balaban J connectivity index is 1.98. The molecule has 0 aliphatic heterocycles. The summed E-state index contributed by atoms with van der Waals surface area (Å²) in [6.07, 6.45) is 0. The summed E-state index contributed by atoms with van der Waals surface area (Å²) in [5.74, 6) is 0.0170. The van der Waals surface area contributed by atoms with E-state index in [1.807, 2.05) is 68.6 Å². The van der Waals surface area contributed by atoms with Crippen LogP contribution in [0.15, 0.2) is 66.7 Å². The van der Waals surface area contributed by atoms with Crippen molar-refractivity contribution in [1.82, 2.24) is 0 Å². The number of hydrogen-bond donors (Lipinski definition) is 0. The van der Waals surface area contributed by atoms with Crippen LogP contribution in [0.3, 0.4) is 0 Å². The van der Waals surface area contributed by atoms with Gasteiger partial charge >= 0.3 is 0 Å². The summed E-state index contributed by atoms with van der Waals surface area (Å²) in [6, 6.07) is 21.9. The molecule has 3 aromatic rings. The molecule has 1 amide bonds. The second-order valence-corrected chi connectivity index (χ2v) is 5.21. The number of fused-ring (bicyclic) bond motifs is 1. The fourth-order valence-corrected chi connectivity index (χ4v) is 2.50. The van der Waals surface area contributed by atoms with E-state index in [0.717, 1.165) is 22.2 Å². The van der Waals surface area contributed by atoms with Crippen LogP contribution in [0, 0.1) is 6.92 Å². The highest BCUT2D eigenvalue weighted by molar-refractivity contribution is 6.07. The maximum absolute atomic E-state index is 12.6. The SMILES string of the molecule is Cc1ccccc1C(=O)N(C)c1ccc2ccccc2c1. The van der Waals surface area contributed by atoms with Gasteiger partial charge in [0.15, 0.2) is 0 Å². The van der Waals surface area contributed by atoms with Crippen molar-refractivity contribution < 1.29 is 4.79 Å². The number of amides is 1. The Morgan fingerprint density at radius 1 is 0.857 bits per heavy atom. The molecule has 0 heterocycles. The van der Waals surface area contributed by atoms with Gasteiger partial charge in [-0.2, -0.15) is 0 Å². The molecule has 104 valence electrons. The molecule has 0 atom stereocenters. The Labute approximate surface area is 124 Å². The molecule has 0 fully saturated rings. The smallest absolute Gasteiger partial charge is 0.258 e. The standard InChI is InChI=1S/C19H17NO/c1-14-7-3-6-10-18(14)19(21)20(2)17-12-11-15-8-4-5-9-16(15)13-17/h3-13H,1-2H3. The van der Waals surface area contributed by atoms with E-state index in [9.17, 15) is 4.79 Å². The van der Waals surface area contributed by atoms with Crippen molar-refractivity contribution in [2.24, 2.45) is 0 Å². The molecule has 2 nitrogen and oxygen atoms in total. The summed E-state index contributed by atoms with van der Waals surface area (Å²) in [6.45, 7) is 1.96. The summed E-state index contributed by atoms with van der Waals surface area (Å²) >= 11 is 0. The van der Waals surface area contributed by atoms with Gasteiger partial charge in [-0.05, 0) is 41.5 Å². The van der Waals surface area contributed by atoms with Crippen molar-refractivity contribution >= 4 is 22.4 Å². The minimum atomic E-state index is 0.0170. The summed E-state index contributed by atoms with van der Waals surface area (Å²) < 4.78 is 0. The predicted octanol–water partition coefficient (Wildman–Crippen LogP) is 4.42. The first-order valence-electron chi connectivity index (χ1n) is 6.99. The van der Waals surface area contributed by atoms with Crippen LogP contribution in [0.5, 0.6) is 0 Å². The van der Waals surface area contributed by atoms with Crippen LogP contribution in [0.2, 0.25) is 0 Å². The zero-order valence-electron chi connectivity index (χ0n) is 12.2. The third kappa shape index (κ3) is 2.52. The molecule has 0 bridgehead atoms. The van der Waals surface area contributed by atoms with Crippen LogP contribution < -0.4 is 4.90 Å². The van der Waals surface area contributed by atoms with E-state index in [1.165, 1.54) is 5.39 Å². The number of anilines is 1. The van der Waals surface area contributed by atoms with Gasteiger partial charge in [0, 0.05) is 18.3 Å². The molecule has 2 heteroatoms. The van der Waals surface area contributed by atoms with E-state index in [4.69, 9.17) is 0 Å². The molecule has 3 aromatic carbocycles. The Morgan fingerprint density at radius 2 is 1.52 bits per heavy atom. The fourth-order valence-electron chi connectivity index (χ4n) is 2.50. The van der Waals surface area contributed by atoms with Crippen LogP contribution in [-0.2, 0) is 0 Å².